The summed E-state index contributed by atoms with van der Waals surface area (Å²) in [5.74, 6) is 0.600. The molecule has 29 heavy (non-hydrogen) atoms. The molecule has 2 aromatic carbocycles. The summed E-state index contributed by atoms with van der Waals surface area (Å²) in [6.45, 7) is 1.51. The van der Waals surface area contributed by atoms with E-state index in [-0.39, 0.29) is 18.3 Å². The fourth-order valence-electron chi connectivity index (χ4n) is 3.13. The topological polar surface area (TPSA) is 97.6 Å². The van der Waals surface area contributed by atoms with Crippen molar-refractivity contribution >= 4 is 23.5 Å². The lowest BCUT2D eigenvalue weighted by atomic mass is 9.92. The fourth-order valence-corrected chi connectivity index (χ4v) is 3.26. The highest BCUT2D eigenvalue weighted by atomic mass is 35.5. The summed E-state index contributed by atoms with van der Waals surface area (Å²) in [7, 11) is 1.54. The van der Waals surface area contributed by atoms with Gasteiger partial charge in [0.2, 0.25) is 11.8 Å². The number of aromatic nitrogens is 2. The maximum Gasteiger partial charge on any atom is 0.325 e. The second kappa shape index (κ2) is 7.21. The molecule has 0 spiro atoms. The van der Waals surface area contributed by atoms with E-state index in [1.165, 1.54) is 7.11 Å². The first-order valence-corrected chi connectivity index (χ1v) is 9.15. The SMILES string of the molecule is COc1cccc([C@]2(C)NC(=O)N(Cc3nnc(-c4ccc(Cl)cc4)o3)C2=O)c1. The molecule has 1 atom stereocenters. The Labute approximate surface area is 171 Å². The molecular weight excluding hydrogens is 396 g/mol. The number of amides is 3. The Morgan fingerprint density at radius 2 is 1.93 bits per heavy atom. The Bertz CT molecular complexity index is 1080. The molecule has 8 nitrogen and oxygen atoms in total. The summed E-state index contributed by atoms with van der Waals surface area (Å²) in [6.07, 6.45) is 0. The Kier molecular flexibility index (Phi) is 4.71. The molecule has 2 heterocycles. The number of ether oxygens (including phenoxy) is 1. The highest BCUT2D eigenvalue weighted by molar-refractivity contribution is 6.30. The summed E-state index contributed by atoms with van der Waals surface area (Å²) in [5.41, 5.74) is 0.0848. The second-order valence-electron chi connectivity index (χ2n) is 6.69. The molecule has 0 unspecified atom stereocenters. The van der Waals surface area contributed by atoms with Gasteiger partial charge in [0.15, 0.2) is 0 Å². The fraction of sp³-hybridized carbons (Fsp3) is 0.200. The van der Waals surface area contributed by atoms with Crippen LogP contribution in [0.2, 0.25) is 5.02 Å². The number of carbonyl (C=O) groups is 2. The molecule has 9 heteroatoms. The van der Waals surface area contributed by atoms with Crippen molar-refractivity contribution in [2.75, 3.05) is 7.11 Å². The van der Waals surface area contributed by atoms with E-state index in [1.807, 2.05) is 0 Å². The molecule has 4 rings (SSSR count). The van der Waals surface area contributed by atoms with Gasteiger partial charge in [0.05, 0.1) is 7.11 Å². The summed E-state index contributed by atoms with van der Waals surface area (Å²) < 4.78 is 10.8. The van der Waals surface area contributed by atoms with Gasteiger partial charge in [-0.25, -0.2) is 4.79 Å². The third-order valence-corrected chi connectivity index (χ3v) is 5.03. The van der Waals surface area contributed by atoms with Gasteiger partial charge in [0.25, 0.3) is 5.91 Å². The van der Waals surface area contributed by atoms with Crippen LogP contribution in [0.1, 0.15) is 18.4 Å². The molecule has 1 aliphatic rings. The number of nitrogens with zero attached hydrogens (tertiary/aromatic N) is 3. The van der Waals surface area contributed by atoms with Crippen molar-refractivity contribution in [3.63, 3.8) is 0 Å². The maximum atomic E-state index is 13.1. The summed E-state index contributed by atoms with van der Waals surface area (Å²) in [4.78, 5) is 26.6. The van der Waals surface area contributed by atoms with Crippen LogP contribution in [0.4, 0.5) is 4.79 Å². The highest BCUT2D eigenvalue weighted by Crippen LogP contribution is 2.32. The number of hydrogen-bond acceptors (Lipinski definition) is 6. The van der Waals surface area contributed by atoms with Crippen molar-refractivity contribution < 1.29 is 18.7 Å². The smallest absolute Gasteiger partial charge is 0.325 e. The first-order chi connectivity index (χ1) is 13.9. The molecule has 0 aliphatic carbocycles. The zero-order valence-electron chi connectivity index (χ0n) is 15.7. The quantitative estimate of drug-likeness (QED) is 0.645. The van der Waals surface area contributed by atoms with Gasteiger partial charge in [0, 0.05) is 10.6 Å². The first-order valence-electron chi connectivity index (χ1n) is 8.77. The Morgan fingerprint density at radius 3 is 2.66 bits per heavy atom. The van der Waals surface area contributed by atoms with Gasteiger partial charge in [-0.2, -0.15) is 0 Å². The number of hydrogen-bond donors (Lipinski definition) is 1. The Hall–Kier alpha value is -3.39. The number of benzene rings is 2. The molecule has 1 fully saturated rings. The maximum absolute atomic E-state index is 13.1. The van der Waals surface area contributed by atoms with Gasteiger partial charge < -0.3 is 14.5 Å². The van der Waals surface area contributed by atoms with Crippen molar-refractivity contribution in [2.24, 2.45) is 0 Å². The van der Waals surface area contributed by atoms with Gasteiger partial charge in [-0.3, -0.25) is 9.69 Å². The van der Waals surface area contributed by atoms with Crippen LogP contribution in [0.25, 0.3) is 11.5 Å². The van der Waals surface area contributed by atoms with Gasteiger partial charge in [-0.15, -0.1) is 10.2 Å². The van der Waals surface area contributed by atoms with Crippen LogP contribution in [0.3, 0.4) is 0 Å². The molecule has 0 radical (unpaired) electrons. The lowest BCUT2D eigenvalue weighted by molar-refractivity contribution is -0.131. The first kappa shape index (κ1) is 18.9. The number of carbonyl (C=O) groups excluding carboxylic acids is 2. The molecule has 1 aliphatic heterocycles. The average Bonchev–Trinajstić information content (AvgIpc) is 3.28. The second-order valence-corrected chi connectivity index (χ2v) is 7.12. The number of urea groups is 1. The minimum Gasteiger partial charge on any atom is -0.497 e. The normalized spacial score (nSPS) is 18.8. The number of imide groups is 1. The van der Waals surface area contributed by atoms with Gasteiger partial charge >= 0.3 is 6.03 Å². The molecular formula is C20H17ClN4O4. The van der Waals surface area contributed by atoms with E-state index in [2.05, 4.69) is 15.5 Å². The molecule has 1 aromatic heterocycles. The lowest BCUT2D eigenvalue weighted by Crippen LogP contribution is -2.40. The molecule has 0 saturated carbocycles. The minimum absolute atomic E-state index is 0.134. The van der Waals surface area contributed by atoms with Crippen LogP contribution in [-0.2, 0) is 16.9 Å². The lowest BCUT2D eigenvalue weighted by Gasteiger charge is -2.22. The van der Waals surface area contributed by atoms with E-state index in [4.69, 9.17) is 20.8 Å². The van der Waals surface area contributed by atoms with Crippen LogP contribution in [-0.4, -0.2) is 34.1 Å². The van der Waals surface area contributed by atoms with Gasteiger partial charge in [-0.1, -0.05) is 23.7 Å². The van der Waals surface area contributed by atoms with Crippen LogP contribution < -0.4 is 10.1 Å². The predicted octanol–water partition coefficient (Wildman–Crippen LogP) is 3.37. The zero-order chi connectivity index (χ0) is 20.6. The van der Waals surface area contributed by atoms with E-state index in [0.717, 1.165) is 4.90 Å². The van der Waals surface area contributed by atoms with Crippen LogP contribution >= 0.6 is 11.6 Å². The van der Waals surface area contributed by atoms with Crippen molar-refractivity contribution in [2.45, 2.75) is 19.0 Å². The molecule has 3 aromatic rings. The van der Waals surface area contributed by atoms with Crippen LogP contribution in [0.15, 0.2) is 52.9 Å². The minimum atomic E-state index is -1.22. The van der Waals surface area contributed by atoms with E-state index in [9.17, 15) is 9.59 Å². The molecule has 0 bridgehead atoms. The van der Waals surface area contributed by atoms with Crippen LogP contribution in [0.5, 0.6) is 5.75 Å². The number of rotatable bonds is 5. The van der Waals surface area contributed by atoms with Crippen LogP contribution in [0, 0.1) is 0 Å². The third kappa shape index (κ3) is 3.42. The predicted molar refractivity (Wildman–Crippen MR) is 104 cm³/mol. The summed E-state index contributed by atoms with van der Waals surface area (Å²) >= 11 is 5.88. The highest BCUT2D eigenvalue weighted by Gasteiger charge is 2.49. The summed E-state index contributed by atoms with van der Waals surface area (Å²) in [6, 6.07) is 13.4. The molecule has 3 amide bonds. The standard InChI is InChI=1S/C20H17ClN4O4/c1-20(13-4-3-5-15(10-13)28-2)18(26)25(19(27)22-20)11-16-23-24-17(29-16)12-6-8-14(21)9-7-12/h3-10H,11H2,1-2H3,(H,22,27)/t20-/m0/s1. The van der Waals surface area contributed by atoms with Crippen molar-refractivity contribution in [1.82, 2.24) is 20.4 Å². The zero-order valence-corrected chi connectivity index (χ0v) is 16.4. The number of methoxy groups -OCH3 is 1. The Balaban J connectivity index is 1.56. The largest absolute Gasteiger partial charge is 0.497 e. The third-order valence-electron chi connectivity index (χ3n) is 4.77. The van der Waals surface area contributed by atoms with Crippen molar-refractivity contribution in [3.05, 3.63) is 65.0 Å². The van der Waals surface area contributed by atoms with E-state index in [1.54, 1.807) is 55.5 Å². The number of nitrogens with one attached hydrogen (secondary N) is 1. The molecule has 1 saturated heterocycles. The van der Waals surface area contributed by atoms with Gasteiger partial charge in [-0.05, 0) is 48.9 Å². The van der Waals surface area contributed by atoms with E-state index < -0.39 is 17.5 Å². The van der Waals surface area contributed by atoms with E-state index in [0.29, 0.717) is 21.9 Å². The monoisotopic (exact) mass is 412 g/mol. The average molecular weight is 413 g/mol. The Morgan fingerprint density at radius 1 is 1.17 bits per heavy atom. The number of halogens is 1. The van der Waals surface area contributed by atoms with Gasteiger partial charge in [0.1, 0.15) is 17.8 Å². The van der Waals surface area contributed by atoms with Crippen molar-refractivity contribution in [1.29, 1.82) is 0 Å². The molecule has 1 N–H and O–H groups in total. The molecule has 148 valence electrons. The van der Waals surface area contributed by atoms with E-state index >= 15 is 0 Å². The van der Waals surface area contributed by atoms with Crippen molar-refractivity contribution in [3.8, 4) is 17.2 Å². The summed E-state index contributed by atoms with van der Waals surface area (Å²) in [5, 5.41) is 11.3.